The van der Waals surface area contributed by atoms with E-state index in [1.807, 2.05) is 24.3 Å². The van der Waals surface area contributed by atoms with Crippen LogP contribution in [0.4, 0.5) is 5.69 Å². The Kier molecular flexibility index (Phi) is 2.45. The van der Waals surface area contributed by atoms with Gasteiger partial charge >= 0.3 is 0 Å². The predicted octanol–water partition coefficient (Wildman–Crippen LogP) is 2.96. The minimum atomic E-state index is 0.573. The molecular weight excluding hydrogens is 234 g/mol. The van der Waals surface area contributed by atoms with Crippen molar-refractivity contribution in [1.29, 1.82) is 0 Å². The number of aromatic nitrogens is 2. The van der Waals surface area contributed by atoms with Gasteiger partial charge in [0.25, 0.3) is 5.22 Å². The lowest BCUT2D eigenvalue weighted by atomic mass is 10.3. The summed E-state index contributed by atoms with van der Waals surface area (Å²) >= 11 is 1.39. The molecule has 1 aromatic carbocycles. The summed E-state index contributed by atoms with van der Waals surface area (Å²) < 4.78 is 5.58. The summed E-state index contributed by atoms with van der Waals surface area (Å²) in [5, 5.41) is 1.43. The average molecular weight is 243 g/mol. The van der Waals surface area contributed by atoms with Crippen molar-refractivity contribution in [1.82, 2.24) is 9.97 Å². The average Bonchev–Trinajstić information content (AvgIpc) is 2.71. The summed E-state index contributed by atoms with van der Waals surface area (Å²) in [7, 11) is 0. The van der Waals surface area contributed by atoms with Crippen molar-refractivity contribution in [3.63, 3.8) is 0 Å². The van der Waals surface area contributed by atoms with Crippen molar-refractivity contribution in [2.75, 3.05) is 5.73 Å². The molecular formula is C12H9N3OS. The van der Waals surface area contributed by atoms with Gasteiger partial charge in [0.05, 0.1) is 0 Å². The second-order valence-corrected chi connectivity index (χ2v) is 4.45. The minimum Gasteiger partial charge on any atom is -0.431 e. The van der Waals surface area contributed by atoms with E-state index in [2.05, 4.69) is 9.97 Å². The lowest BCUT2D eigenvalue weighted by Crippen LogP contribution is -1.81. The zero-order valence-electron chi connectivity index (χ0n) is 8.83. The highest BCUT2D eigenvalue weighted by Crippen LogP contribution is 2.28. The van der Waals surface area contributed by atoms with Crippen LogP contribution in [0, 0.1) is 0 Å². The van der Waals surface area contributed by atoms with Gasteiger partial charge in [-0.05, 0) is 36.0 Å². The van der Waals surface area contributed by atoms with Crippen LogP contribution in [0.15, 0.2) is 57.3 Å². The zero-order valence-corrected chi connectivity index (χ0v) is 9.65. The van der Waals surface area contributed by atoms with Gasteiger partial charge < -0.3 is 10.2 Å². The number of hydrogen-bond donors (Lipinski definition) is 1. The molecule has 3 aromatic rings. The fraction of sp³-hybridized carbons (Fsp3) is 0. The van der Waals surface area contributed by atoms with E-state index in [9.17, 15) is 0 Å². The van der Waals surface area contributed by atoms with E-state index in [0.717, 1.165) is 10.5 Å². The van der Waals surface area contributed by atoms with Gasteiger partial charge in [-0.25, -0.2) is 9.97 Å². The molecule has 0 radical (unpaired) electrons. The number of pyridine rings is 1. The summed E-state index contributed by atoms with van der Waals surface area (Å²) in [5.74, 6) is 0. The van der Waals surface area contributed by atoms with Crippen LogP contribution in [0.5, 0.6) is 0 Å². The van der Waals surface area contributed by atoms with Gasteiger partial charge in [0.1, 0.15) is 10.5 Å². The van der Waals surface area contributed by atoms with Gasteiger partial charge in [-0.1, -0.05) is 6.07 Å². The Balaban J connectivity index is 1.96. The first-order valence-corrected chi connectivity index (χ1v) is 5.88. The number of hydrogen-bond acceptors (Lipinski definition) is 5. The SMILES string of the molecule is Nc1ccc2nc(Sc3ccccn3)oc2c1. The van der Waals surface area contributed by atoms with E-state index in [1.54, 1.807) is 18.3 Å². The molecule has 4 nitrogen and oxygen atoms in total. The van der Waals surface area contributed by atoms with Gasteiger partial charge in [-0.2, -0.15) is 0 Å². The second-order valence-electron chi connectivity index (χ2n) is 3.48. The van der Waals surface area contributed by atoms with Crippen molar-refractivity contribution < 1.29 is 4.42 Å². The van der Waals surface area contributed by atoms with Crippen LogP contribution < -0.4 is 5.73 Å². The molecule has 0 unspecified atom stereocenters. The second kappa shape index (κ2) is 4.10. The molecule has 0 aliphatic carbocycles. The molecule has 0 amide bonds. The molecule has 0 spiro atoms. The molecule has 2 heterocycles. The number of rotatable bonds is 2. The van der Waals surface area contributed by atoms with Crippen molar-refractivity contribution >= 4 is 28.5 Å². The largest absolute Gasteiger partial charge is 0.431 e. The van der Waals surface area contributed by atoms with Gasteiger partial charge in [0.15, 0.2) is 5.58 Å². The van der Waals surface area contributed by atoms with Crippen LogP contribution in [0.3, 0.4) is 0 Å². The van der Waals surface area contributed by atoms with Crippen molar-refractivity contribution in [2.24, 2.45) is 0 Å². The van der Waals surface area contributed by atoms with Crippen LogP contribution in [-0.2, 0) is 0 Å². The number of anilines is 1. The standard InChI is InChI=1S/C12H9N3OS/c13-8-4-5-9-10(7-8)16-12(15-9)17-11-3-1-2-6-14-11/h1-7H,13H2. The summed E-state index contributed by atoms with van der Waals surface area (Å²) in [6, 6.07) is 11.1. The molecule has 84 valence electrons. The first-order chi connectivity index (χ1) is 8.31. The Morgan fingerprint density at radius 1 is 1.18 bits per heavy atom. The number of benzene rings is 1. The molecule has 0 fully saturated rings. The highest BCUT2D eigenvalue weighted by Gasteiger charge is 2.07. The van der Waals surface area contributed by atoms with E-state index in [1.165, 1.54) is 11.8 Å². The molecule has 0 atom stereocenters. The molecule has 0 saturated carbocycles. The molecule has 0 aliphatic rings. The van der Waals surface area contributed by atoms with E-state index in [0.29, 0.717) is 16.5 Å². The number of nitrogens with zero attached hydrogens (tertiary/aromatic N) is 2. The third kappa shape index (κ3) is 2.09. The number of nitrogens with two attached hydrogens (primary N) is 1. The molecule has 5 heteroatoms. The van der Waals surface area contributed by atoms with Gasteiger partial charge in [-0.3, -0.25) is 0 Å². The fourth-order valence-electron chi connectivity index (χ4n) is 1.46. The molecule has 0 bridgehead atoms. The minimum absolute atomic E-state index is 0.573. The Morgan fingerprint density at radius 3 is 2.94 bits per heavy atom. The maximum Gasteiger partial charge on any atom is 0.263 e. The maximum atomic E-state index is 5.68. The Bertz CT molecular complexity index is 651. The van der Waals surface area contributed by atoms with Crippen LogP contribution in [-0.4, -0.2) is 9.97 Å². The highest BCUT2D eigenvalue weighted by molar-refractivity contribution is 7.99. The summed E-state index contributed by atoms with van der Waals surface area (Å²) in [5.41, 5.74) is 7.85. The monoisotopic (exact) mass is 243 g/mol. The molecule has 17 heavy (non-hydrogen) atoms. The smallest absolute Gasteiger partial charge is 0.263 e. The van der Waals surface area contributed by atoms with Crippen LogP contribution in [0.1, 0.15) is 0 Å². The fourth-order valence-corrected chi connectivity index (χ4v) is 2.18. The predicted molar refractivity (Wildman–Crippen MR) is 66.8 cm³/mol. The Morgan fingerprint density at radius 2 is 2.12 bits per heavy atom. The van der Waals surface area contributed by atoms with Gasteiger partial charge in [0, 0.05) is 18.0 Å². The van der Waals surface area contributed by atoms with Gasteiger partial charge in [-0.15, -0.1) is 0 Å². The number of fused-ring (bicyclic) bond motifs is 1. The molecule has 0 saturated heterocycles. The van der Waals surface area contributed by atoms with Crippen molar-refractivity contribution in [3.8, 4) is 0 Å². The quantitative estimate of drug-likeness (QED) is 0.701. The topological polar surface area (TPSA) is 64.9 Å². The number of nitrogen functional groups attached to an aromatic ring is 1. The molecule has 2 aromatic heterocycles. The maximum absolute atomic E-state index is 5.68. The molecule has 0 aliphatic heterocycles. The Hall–Kier alpha value is -2.01. The van der Waals surface area contributed by atoms with E-state index in [4.69, 9.17) is 10.2 Å². The lowest BCUT2D eigenvalue weighted by Gasteiger charge is -1.92. The van der Waals surface area contributed by atoms with Crippen LogP contribution >= 0.6 is 11.8 Å². The Labute approximate surface area is 102 Å². The van der Waals surface area contributed by atoms with Crippen LogP contribution in [0.2, 0.25) is 0 Å². The first-order valence-electron chi connectivity index (χ1n) is 5.06. The third-order valence-electron chi connectivity index (χ3n) is 2.22. The van der Waals surface area contributed by atoms with Crippen molar-refractivity contribution in [3.05, 3.63) is 42.6 Å². The molecule has 2 N–H and O–H groups in total. The summed E-state index contributed by atoms with van der Waals surface area (Å²) in [4.78, 5) is 8.55. The van der Waals surface area contributed by atoms with Crippen molar-refractivity contribution in [2.45, 2.75) is 10.2 Å². The highest BCUT2D eigenvalue weighted by atomic mass is 32.2. The summed E-state index contributed by atoms with van der Waals surface area (Å²) in [6.45, 7) is 0. The van der Waals surface area contributed by atoms with Gasteiger partial charge in [0.2, 0.25) is 0 Å². The summed E-state index contributed by atoms with van der Waals surface area (Å²) in [6.07, 6.45) is 1.74. The van der Waals surface area contributed by atoms with E-state index < -0.39 is 0 Å². The third-order valence-corrected chi connectivity index (χ3v) is 3.02. The normalized spacial score (nSPS) is 10.8. The van der Waals surface area contributed by atoms with E-state index in [-0.39, 0.29) is 0 Å². The molecule has 3 rings (SSSR count). The van der Waals surface area contributed by atoms with Crippen LogP contribution in [0.25, 0.3) is 11.1 Å². The van der Waals surface area contributed by atoms with E-state index >= 15 is 0 Å². The lowest BCUT2D eigenvalue weighted by molar-refractivity contribution is 0.489. The first kappa shape index (κ1) is 10.2. The zero-order chi connectivity index (χ0) is 11.7. The number of oxazole rings is 1.